The topological polar surface area (TPSA) is 65.2 Å². The zero-order chi connectivity index (χ0) is 16.8. The summed E-state index contributed by atoms with van der Waals surface area (Å²) in [6, 6.07) is 12.3. The number of oxazole rings is 1. The van der Waals surface area contributed by atoms with Crippen molar-refractivity contribution >= 4 is 5.97 Å². The third-order valence-corrected chi connectivity index (χ3v) is 3.41. The fourth-order valence-corrected chi connectivity index (χ4v) is 2.21. The zero-order valence-electron chi connectivity index (χ0n) is 12.8. The van der Waals surface area contributed by atoms with Crippen LogP contribution >= 0.6 is 0 Å². The summed E-state index contributed by atoms with van der Waals surface area (Å²) in [5.41, 5.74) is 1.88. The summed E-state index contributed by atoms with van der Waals surface area (Å²) in [7, 11) is 0. The number of terminal acetylenes is 1. The predicted octanol–water partition coefficient (Wildman–Crippen LogP) is 3.66. The molecule has 0 radical (unpaired) electrons. The van der Waals surface area contributed by atoms with Crippen LogP contribution in [0.2, 0.25) is 0 Å². The molecule has 3 aromatic rings. The number of carbonyl (C=O) groups is 1. The van der Waals surface area contributed by atoms with Crippen LogP contribution in [-0.2, 0) is 4.74 Å². The number of rotatable bonds is 5. The Balaban J connectivity index is 1.75. The minimum Gasteiger partial charge on any atom is -0.451 e. The largest absolute Gasteiger partial charge is 0.451 e. The summed E-state index contributed by atoms with van der Waals surface area (Å²) < 4.78 is 10.7. The Morgan fingerprint density at radius 1 is 1.25 bits per heavy atom. The maximum atomic E-state index is 12.3. The van der Waals surface area contributed by atoms with Crippen molar-refractivity contribution < 1.29 is 13.9 Å². The van der Waals surface area contributed by atoms with Gasteiger partial charge in [0.2, 0.25) is 0 Å². The highest BCUT2D eigenvalue weighted by Gasteiger charge is 2.18. The molecule has 0 saturated heterocycles. The number of nitrogens with zero attached hydrogens (tertiary/aromatic N) is 2. The van der Waals surface area contributed by atoms with Gasteiger partial charge in [-0.15, -0.1) is 12.3 Å². The van der Waals surface area contributed by atoms with Crippen LogP contribution in [0.15, 0.2) is 65.7 Å². The van der Waals surface area contributed by atoms with E-state index in [2.05, 4.69) is 15.9 Å². The number of pyridine rings is 1. The summed E-state index contributed by atoms with van der Waals surface area (Å²) in [6.45, 7) is 0. The van der Waals surface area contributed by atoms with Crippen LogP contribution in [0.25, 0.3) is 11.3 Å². The first-order chi connectivity index (χ1) is 11.8. The van der Waals surface area contributed by atoms with E-state index >= 15 is 0 Å². The number of benzene rings is 1. The lowest BCUT2D eigenvalue weighted by atomic mass is 10.1. The van der Waals surface area contributed by atoms with Crippen LogP contribution in [0.1, 0.15) is 28.6 Å². The minimum absolute atomic E-state index is 0.263. The monoisotopic (exact) mass is 318 g/mol. The molecule has 0 aliphatic carbocycles. The van der Waals surface area contributed by atoms with Gasteiger partial charge in [-0.1, -0.05) is 18.2 Å². The van der Waals surface area contributed by atoms with Crippen molar-refractivity contribution in [2.45, 2.75) is 12.5 Å². The minimum atomic E-state index is -0.572. The average molecular weight is 318 g/mol. The van der Waals surface area contributed by atoms with Gasteiger partial charge < -0.3 is 9.15 Å². The molecule has 0 unspecified atom stereocenters. The van der Waals surface area contributed by atoms with E-state index in [0.29, 0.717) is 17.0 Å². The Morgan fingerprint density at radius 3 is 2.71 bits per heavy atom. The highest BCUT2D eigenvalue weighted by molar-refractivity contribution is 5.90. The molecule has 1 atom stereocenters. The molecule has 0 aliphatic rings. The van der Waals surface area contributed by atoms with Crippen molar-refractivity contribution in [3.63, 3.8) is 0 Å². The van der Waals surface area contributed by atoms with Crippen molar-refractivity contribution in [3.8, 4) is 23.7 Å². The van der Waals surface area contributed by atoms with Gasteiger partial charge >= 0.3 is 5.97 Å². The van der Waals surface area contributed by atoms with E-state index in [9.17, 15) is 4.79 Å². The van der Waals surface area contributed by atoms with Gasteiger partial charge in [0.1, 0.15) is 0 Å². The molecule has 118 valence electrons. The van der Waals surface area contributed by atoms with E-state index in [-0.39, 0.29) is 6.42 Å². The summed E-state index contributed by atoms with van der Waals surface area (Å²) in [4.78, 5) is 20.4. The normalized spacial score (nSPS) is 11.5. The highest BCUT2D eigenvalue weighted by Crippen LogP contribution is 2.22. The van der Waals surface area contributed by atoms with Gasteiger partial charge in [-0.3, -0.25) is 4.98 Å². The summed E-state index contributed by atoms with van der Waals surface area (Å²) in [5.74, 6) is 2.69. The van der Waals surface area contributed by atoms with Crippen molar-refractivity contribution in [2.75, 3.05) is 0 Å². The molecule has 0 amide bonds. The van der Waals surface area contributed by atoms with Crippen LogP contribution in [0, 0.1) is 12.3 Å². The lowest BCUT2D eigenvalue weighted by Crippen LogP contribution is -2.12. The second kappa shape index (κ2) is 7.25. The average Bonchev–Trinajstić information content (AvgIpc) is 3.17. The van der Waals surface area contributed by atoms with E-state index in [0.717, 1.165) is 5.56 Å². The molecular formula is C19H14N2O3. The molecule has 5 heteroatoms. The van der Waals surface area contributed by atoms with Crippen LogP contribution in [0.4, 0.5) is 0 Å². The fourth-order valence-electron chi connectivity index (χ4n) is 2.21. The maximum absolute atomic E-state index is 12.3. The lowest BCUT2D eigenvalue weighted by molar-refractivity contribution is 0.0299. The predicted molar refractivity (Wildman–Crippen MR) is 87.8 cm³/mol. The molecule has 2 heterocycles. The third kappa shape index (κ3) is 3.50. The molecule has 0 N–H and O–H groups in total. The number of aromatic nitrogens is 2. The molecule has 0 bridgehead atoms. The molecule has 24 heavy (non-hydrogen) atoms. The molecule has 0 aliphatic heterocycles. The Bertz CT molecular complexity index is 835. The maximum Gasteiger partial charge on any atom is 0.338 e. The first kappa shape index (κ1) is 15.5. The van der Waals surface area contributed by atoms with Gasteiger partial charge in [0.25, 0.3) is 0 Å². The van der Waals surface area contributed by atoms with Gasteiger partial charge in [0, 0.05) is 11.8 Å². The molecule has 1 aromatic carbocycles. The Kier molecular flexibility index (Phi) is 4.68. The van der Waals surface area contributed by atoms with E-state index in [1.807, 2.05) is 6.07 Å². The summed E-state index contributed by atoms with van der Waals surface area (Å²) in [6.07, 6.45) is 9.66. The first-order valence-corrected chi connectivity index (χ1v) is 7.32. The summed E-state index contributed by atoms with van der Waals surface area (Å²) >= 11 is 0. The van der Waals surface area contributed by atoms with E-state index < -0.39 is 12.1 Å². The molecule has 2 aromatic heterocycles. The van der Waals surface area contributed by atoms with E-state index in [4.69, 9.17) is 15.6 Å². The van der Waals surface area contributed by atoms with Crippen LogP contribution in [0.5, 0.6) is 0 Å². The fraction of sp³-hybridized carbons (Fsp3) is 0.105. The van der Waals surface area contributed by atoms with Crippen molar-refractivity contribution in [1.82, 2.24) is 9.97 Å². The number of hydrogen-bond donors (Lipinski definition) is 0. The Morgan fingerprint density at radius 2 is 2.08 bits per heavy atom. The van der Waals surface area contributed by atoms with Gasteiger partial charge in [-0.05, 0) is 24.3 Å². The van der Waals surface area contributed by atoms with Gasteiger partial charge in [-0.2, -0.15) is 0 Å². The standard InChI is InChI=1S/C19H14N2O3/c1-2-5-17(16-6-3-4-11-21-16)24-19(22)15-9-7-14(8-10-15)18-12-20-13-23-18/h1,3-4,6-13,17H,5H2/t17-/m1/s1. The quantitative estimate of drug-likeness (QED) is 0.530. The smallest absolute Gasteiger partial charge is 0.338 e. The third-order valence-electron chi connectivity index (χ3n) is 3.41. The van der Waals surface area contributed by atoms with Gasteiger partial charge in [-0.25, -0.2) is 9.78 Å². The summed E-state index contributed by atoms with van der Waals surface area (Å²) in [5, 5.41) is 0. The number of hydrogen-bond acceptors (Lipinski definition) is 5. The van der Waals surface area contributed by atoms with Crippen LogP contribution < -0.4 is 0 Å². The molecule has 5 nitrogen and oxygen atoms in total. The van der Waals surface area contributed by atoms with Crippen LogP contribution in [0.3, 0.4) is 0 Å². The van der Waals surface area contributed by atoms with E-state index in [1.54, 1.807) is 48.8 Å². The van der Waals surface area contributed by atoms with Crippen LogP contribution in [-0.4, -0.2) is 15.9 Å². The Labute approximate surface area is 139 Å². The second-order valence-corrected chi connectivity index (χ2v) is 5.00. The molecular weight excluding hydrogens is 304 g/mol. The molecule has 0 spiro atoms. The van der Waals surface area contributed by atoms with Crippen molar-refractivity contribution in [2.24, 2.45) is 0 Å². The highest BCUT2D eigenvalue weighted by atomic mass is 16.5. The molecule has 0 fully saturated rings. The number of carbonyl (C=O) groups excluding carboxylic acids is 1. The number of ether oxygens (including phenoxy) is 1. The second-order valence-electron chi connectivity index (χ2n) is 5.00. The SMILES string of the molecule is C#CC[C@@H](OC(=O)c1ccc(-c2cnco2)cc1)c1ccccn1. The van der Waals surface area contributed by atoms with Gasteiger partial charge in [0.15, 0.2) is 18.3 Å². The molecule has 3 rings (SSSR count). The van der Waals surface area contributed by atoms with E-state index in [1.165, 1.54) is 6.39 Å². The van der Waals surface area contributed by atoms with Crippen molar-refractivity contribution in [1.29, 1.82) is 0 Å². The zero-order valence-corrected chi connectivity index (χ0v) is 12.8. The Hall–Kier alpha value is -3.39. The molecule has 0 saturated carbocycles. The van der Waals surface area contributed by atoms with Crippen molar-refractivity contribution in [3.05, 3.63) is 72.5 Å². The first-order valence-electron chi connectivity index (χ1n) is 7.32. The lowest BCUT2D eigenvalue weighted by Gasteiger charge is -2.15. The number of esters is 1. The van der Waals surface area contributed by atoms with Gasteiger partial charge in [0.05, 0.1) is 23.9 Å².